The minimum atomic E-state index is -0.0366. The zero-order chi connectivity index (χ0) is 14.3. The Kier molecular flexibility index (Phi) is 6.80. The molecular weight excluding hydrogens is 262 g/mol. The summed E-state index contributed by atoms with van der Waals surface area (Å²) in [5, 5.41) is 2.89. The van der Waals surface area contributed by atoms with Crippen molar-refractivity contribution < 1.29 is 9.53 Å². The van der Waals surface area contributed by atoms with Crippen molar-refractivity contribution in [3.63, 3.8) is 0 Å². The highest BCUT2D eigenvalue weighted by molar-refractivity contribution is 7.09. The van der Waals surface area contributed by atoms with Crippen molar-refractivity contribution in [2.75, 3.05) is 27.2 Å². The smallest absolute Gasteiger partial charge is 0.317 e. The van der Waals surface area contributed by atoms with Gasteiger partial charge in [0.2, 0.25) is 0 Å². The first-order valence-corrected chi connectivity index (χ1v) is 7.33. The van der Waals surface area contributed by atoms with Crippen molar-refractivity contribution >= 4 is 17.4 Å². The molecule has 1 aromatic rings. The van der Waals surface area contributed by atoms with Crippen molar-refractivity contribution in [1.29, 1.82) is 0 Å². The topological polar surface area (TPSA) is 54.5 Å². The monoisotopic (exact) mass is 285 g/mol. The molecule has 0 saturated carbocycles. The molecule has 19 heavy (non-hydrogen) atoms. The lowest BCUT2D eigenvalue weighted by Crippen LogP contribution is -2.39. The van der Waals surface area contributed by atoms with Crippen molar-refractivity contribution in [3.05, 3.63) is 16.1 Å². The van der Waals surface area contributed by atoms with Crippen LogP contribution in [0.25, 0.3) is 0 Å². The Labute approximate surface area is 119 Å². The van der Waals surface area contributed by atoms with Gasteiger partial charge in [-0.2, -0.15) is 0 Å². The number of nitrogens with zero attached hydrogens (tertiary/aromatic N) is 2. The van der Waals surface area contributed by atoms with E-state index in [9.17, 15) is 4.79 Å². The highest BCUT2D eigenvalue weighted by Crippen LogP contribution is 2.12. The summed E-state index contributed by atoms with van der Waals surface area (Å²) in [7, 11) is 3.49. The van der Waals surface area contributed by atoms with E-state index in [2.05, 4.69) is 10.3 Å². The molecule has 0 aliphatic rings. The molecular formula is C13H23N3O2S. The van der Waals surface area contributed by atoms with Crippen LogP contribution in [-0.2, 0) is 11.2 Å². The van der Waals surface area contributed by atoms with Crippen LogP contribution in [0.2, 0.25) is 0 Å². The maximum atomic E-state index is 11.8. The molecule has 0 spiro atoms. The van der Waals surface area contributed by atoms with Gasteiger partial charge in [0.05, 0.1) is 17.3 Å². The zero-order valence-electron chi connectivity index (χ0n) is 12.1. The van der Waals surface area contributed by atoms with E-state index in [1.807, 2.05) is 26.4 Å². The Morgan fingerprint density at radius 3 is 2.95 bits per heavy atom. The number of urea groups is 1. The Hall–Kier alpha value is -1.14. The van der Waals surface area contributed by atoms with E-state index in [1.54, 1.807) is 23.3 Å². The molecule has 0 aliphatic carbocycles. The molecule has 5 nitrogen and oxygen atoms in total. The highest BCUT2D eigenvalue weighted by atomic mass is 32.1. The second-order valence-corrected chi connectivity index (χ2v) is 5.54. The van der Waals surface area contributed by atoms with Crippen LogP contribution in [0.5, 0.6) is 0 Å². The summed E-state index contributed by atoms with van der Waals surface area (Å²) in [4.78, 5) is 19.0. The number of methoxy groups -OCH3 is 1. The number of carbonyl (C=O) groups excluding carboxylic acids is 1. The van der Waals surface area contributed by atoms with Crippen molar-refractivity contribution in [2.45, 2.75) is 32.8 Å². The van der Waals surface area contributed by atoms with E-state index in [0.29, 0.717) is 13.1 Å². The molecule has 0 radical (unpaired) electrons. The molecule has 6 heteroatoms. The van der Waals surface area contributed by atoms with Crippen LogP contribution >= 0.6 is 11.3 Å². The van der Waals surface area contributed by atoms with Gasteiger partial charge in [-0.25, -0.2) is 9.78 Å². The van der Waals surface area contributed by atoms with E-state index >= 15 is 0 Å². The fraction of sp³-hybridized carbons (Fsp3) is 0.692. The standard InChI is InChI=1S/C13H23N3O2S/c1-10(18-4)5-7-14-13(17)16(3)8-6-12-11(2)15-9-19-12/h9-10H,5-8H2,1-4H3,(H,14,17)/t10-/m0/s1. The summed E-state index contributed by atoms with van der Waals surface area (Å²) >= 11 is 1.64. The lowest BCUT2D eigenvalue weighted by Gasteiger charge is -2.18. The third-order valence-electron chi connectivity index (χ3n) is 3.10. The lowest BCUT2D eigenvalue weighted by atomic mass is 10.3. The SMILES string of the molecule is CO[C@@H](C)CCNC(=O)N(C)CCc1scnc1C. The predicted octanol–water partition coefficient (Wildman–Crippen LogP) is 2.06. The first-order chi connectivity index (χ1) is 9.04. The van der Waals surface area contributed by atoms with Crippen LogP contribution in [-0.4, -0.2) is 49.3 Å². The van der Waals surface area contributed by atoms with Crippen molar-refractivity contribution in [3.8, 4) is 0 Å². The van der Waals surface area contributed by atoms with E-state index in [4.69, 9.17) is 4.74 Å². The summed E-state index contributed by atoms with van der Waals surface area (Å²) in [6.07, 6.45) is 1.85. The molecule has 0 aromatic carbocycles. The number of ether oxygens (including phenoxy) is 1. The van der Waals surface area contributed by atoms with Crippen LogP contribution in [0, 0.1) is 6.92 Å². The van der Waals surface area contributed by atoms with Gasteiger partial charge in [-0.3, -0.25) is 0 Å². The number of hydrogen-bond donors (Lipinski definition) is 1. The third kappa shape index (κ3) is 5.57. The Balaban J connectivity index is 2.23. The number of hydrogen-bond acceptors (Lipinski definition) is 4. The van der Waals surface area contributed by atoms with Crippen LogP contribution in [0.15, 0.2) is 5.51 Å². The zero-order valence-corrected chi connectivity index (χ0v) is 12.9. The highest BCUT2D eigenvalue weighted by Gasteiger charge is 2.10. The number of amides is 2. The first-order valence-electron chi connectivity index (χ1n) is 6.45. The second-order valence-electron chi connectivity index (χ2n) is 4.60. The quantitative estimate of drug-likeness (QED) is 0.834. The van der Waals surface area contributed by atoms with Gasteiger partial charge >= 0.3 is 6.03 Å². The van der Waals surface area contributed by atoms with E-state index < -0.39 is 0 Å². The molecule has 0 aliphatic heterocycles. The molecule has 0 saturated heterocycles. The number of aromatic nitrogens is 1. The fourth-order valence-corrected chi connectivity index (χ4v) is 2.34. The number of rotatable bonds is 7. The van der Waals surface area contributed by atoms with Gasteiger partial charge in [0.15, 0.2) is 0 Å². The second kappa shape index (κ2) is 8.12. The largest absolute Gasteiger partial charge is 0.382 e. The van der Waals surface area contributed by atoms with Gasteiger partial charge in [0.25, 0.3) is 0 Å². The molecule has 1 N–H and O–H groups in total. The molecule has 1 rings (SSSR count). The maximum absolute atomic E-state index is 11.8. The third-order valence-corrected chi connectivity index (χ3v) is 4.09. The minimum absolute atomic E-state index is 0.0366. The number of likely N-dealkylation sites (N-methyl/N-ethyl adjacent to an activating group) is 1. The Bertz CT molecular complexity index is 395. The van der Waals surface area contributed by atoms with Gasteiger partial charge < -0.3 is 15.0 Å². The van der Waals surface area contributed by atoms with Gasteiger partial charge in [-0.1, -0.05) is 0 Å². The summed E-state index contributed by atoms with van der Waals surface area (Å²) < 4.78 is 5.13. The van der Waals surface area contributed by atoms with Crippen LogP contribution in [0.4, 0.5) is 4.79 Å². The molecule has 1 atom stereocenters. The first kappa shape index (κ1) is 15.9. The van der Waals surface area contributed by atoms with Crippen molar-refractivity contribution in [2.24, 2.45) is 0 Å². The van der Waals surface area contributed by atoms with Gasteiger partial charge in [0, 0.05) is 38.5 Å². The van der Waals surface area contributed by atoms with Gasteiger partial charge in [0.1, 0.15) is 0 Å². The summed E-state index contributed by atoms with van der Waals surface area (Å²) in [6.45, 7) is 5.33. The fourth-order valence-electron chi connectivity index (χ4n) is 1.57. The summed E-state index contributed by atoms with van der Waals surface area (Å²) in [5.41, 5.74) is 2.91. The number of carbonyl (C=O) groups is 1. The normalized spacial score (nSPS) is 12.2. The molecule has 0 fully saturated rings. The summed E-state index contributed by atoms with van der Waals surface area (Å²) in [5.74, 6) is 0. The molecule has 1 heterocycles. The van der Waals surface area contributed by atoms with Crippen LogP contribution in [0.1, 0.15) is 23.9 Å². The molecule has 0 bridgehead atoms. The molecule has 108 valence electrons. The minimum Gasteiger partial charge on any atom is -0.382 e. The average Bonchev–Trinajstić information content (AvgIpc) is 2.81. The number of thiazole rings is 1. The molecule has 2 amide bonds. The number of nitrogens with one attached hydrogen (secondary N) is 1. The van der Waals surface area contributed by atoms with E-state index in [-0.39, 0.29) is 12.1 Å². The van der Waals surface area contributed by atoms with Crippen LogP contribution < -0.4 is 5.32 Å². The Morgan fingerprint density at radius 2 is 2.37 bits per heavy atom. The summed E-state index contributed by atoms with van der Waals surface area (Å²) in [6, 6.07) is -0.0366. The molecule has 0 unspecified atom stereocenters. The Morgan fingerprint density at radius 1 is 1.63 bits per heavy atom. The van der Waals surface area contributed by atoms with E-state index in [1.165, 1.54) is 4.88 Å². The predicted molar refractivity (Wildman–Crippen MR) is 77.7 cm³/mol. The molecule has 1 aromatic heterocycles. The van der Waals surface area contributed by atoms with Crippen molar-refractivity contribution in [1.82, 2.24) is 15.2 Å². The van der Waals surface area contributed by atoms with E-state index in [0.717, 1.165) is 18.5 Å². The van der Waals surface area contributed by atoms with Gasteiger partial charge in [-0.15, -0.1) is 11.3 Å². The maximum Gasteiger partial charge on any atom is 0.317 e. The number of aryl methyl sites for hydroxylation is 1. The lowest BCUT2D eigenvalue weighted by molar-refractivity contribution is 0.111. The average molecular weight is 285 g/mol. The van der Waals surface area contributed by atoms with Gasteiger partial charge in [-0.05, 0) is 20.3 Å². The van der Waals surface area contributed by atoms with Crippen LogP contribution in [0.3, 0.4) is 0 Å².